The van der Waals surface area contributed by atoms with E-state index >= 15 is 0 Å². The maximum absolute atomic E-state index is 13.7. The van der Waals surface area contributed by atoms with Gasteiger partial charge in [0.25, 0.3) is 0 Å². The number of halogens is 2. The molecule has 0 aliphatic heterocycles. The van der Waals surface area contributed by atoms with Crippen LogP contribution in [0.5, 0.6) is 0 Å². The van der Waals surface area contributed by atoms with Crippen LogP contribution in [0.4, 0.5) is 4.39 Å². The molecule has 0 saturated heterocycles. The van der Waals surface area contributed by atoms with Crippen LogP contribution < -0.4 is 5.73 Å². The number of benzene rings is 1. The molecule has 0 aromatic heterocycles. The molecule has 0 spiro atoms. The fraction of sp³-hybridized carbons (Fsp3) is 0.625. The molecular weight excluding hydrogens is 447 g/mol. The Bertz CT molecular complexity index is 593. The lowest BCUT2D eigenvalue weighted by Gasteiger charge is -2.31. The lowest BCUT2D eigenvalue weighted by Crippen LogP contribution is -2.26. The van der Waals surface area contributed by atoms with Crippen LogP contribution in [0.3, 0.4) is 0 Å². The Kier molecular flexibility index (Phi) is 7.42. The molecule has 0 saturated carbocycles. The first kappa shape index (κ1) is 22.0. The average molecular weight is 473 g/mol. The number of hydrogen-bond acceptors (Lipinski definition) is 5. The van der Waals surface area contributed by atoms with Gasteiger partial charge in [0.05, 0.1) is 27.4 Å². The van der Waals surface area contributed by atoms with Crippen LogP contribution in [0.2, 0.25) is 0 Å². The maximum atomic E-state index is 13.7. The van der Waals surface area contributed by atoms with Crippen LogP contribution in [0.1, 0.15) is 53.1 Å². The molecule has 0 heterocycles. The molecule has 1 atom stereocenters. The molecule has 0 amide bonds. The summed E-state index contributed by atoms with van der Waals surface area (Å²) in [4.78, 5) is 0. The zero-order chi connectivity index (χ0) is 18.8. The van der Waals surface area contributed by atoms with Gasteiger partial charge < -0.3 is 5.73 Å². The van der Waals surface area contributed by atoms with Gasteiger partial charge in [0.1, 0.15) is 5.82 Å². The van der Waals surface area contributed by atoms with Crippen LogP contribution in [0.15, 0.2) is 18.2 Å². The first-order valence-corrected chi connectivity index (χ1v) is 10.1. The highest BCUT2D eigenvalue weighted by molar-refractivity contribution is 14.1. The third-order valence-corrected chi connectivity index (χ3v) is 5.71. The Morgan fingerprint density at radius 2 is 1.67 bits per heavy atom. The van der Waals surface area contributed by atoms with Crippen molar-refractivity contribution in [3.8, 4) is 0 Å². The quantitative estimate of drug-likeness (QED) is 0.455. The van der Waals surface area contributed by atoms with Crippen molar-refractivity contribution < 1.29 is 22.5 Å². The van der Waals surface area contributed by atoms with E-state index in [4.69, 9.17) is 19.3 Å². The molecule has 0 aliphatic carbocycles. The van der Waals surface area contributed by atoms with E-state index in [9.17, 15) is 8.96 Å². The van der Waals surface area contributed by atoms with Gasteiger partial charge in [0.15, 0.2) is 0 Å². The standard InChI is InChI=1S/C16H26FINO4P/c1-15(2,3)22-24(20,23-16(4,5)6)21-10-13(19)11-8-7-9-12(17)14(11)18/h7-9,13H,10,19H2,1-6H3/t13-/m1/s1. The minimum atomic E-state index is -3.84. The van der Waals surface area contributed by atoms with Crippen LogP contribution in [0.25, 0.3) is 0 Å². The van der Waals surface area contributed by atoms with Crippen molar-refractivity contribution in [2.45, 2.75) is 58.8 Å². The van der Waals surface area contributed by atoms with Gasteiger partial charge in [-0.3, -0.25) is 13.6 Å². The first-order valence-electron chi connectivity index (χ1n) is 7.58. The maximum Gasteiger partial charge on any atom is 0.475 e. The number of hydrogen-bond donors (Lipinski definition) is 1. The van der Waals surface area contributed by atoms with E-state index in [1.54, 1.807) is 53.7 Å². The van der Waals surface area contributed by atoms with Crippen molar-refractivity contribution in [1.29, 1.82) is 0 Å². The van der Waals surface area contributed by atoms with Crippen molar-refractivity contribution in [2.24, 2.45) is 5.73 Å². The third-order valence-electron chi connectivity index (χ3n) is 2.56. The highest BCUT2D eigenvalue weighted by Gasteiger charge is 2.37. The minimum absolute atomic E-state index is 0.122. The van der Waals surface area contributed by atoms with Gasteiger partial charge in [-0.05, 0) is 75.8 Å². The van der Waals surface area contributed by atoms with Crippen molar-refractivity contribution in [3.05, 3.63) is 33.1 Å². The monoisotopic (exact) mass is 473 g/mol. The van der Waals surface area contributed by atoms with Gasteiger partial charge >= 0.3 is 7.82 Å². The van der Waals surface area contributed by atoms with Crippen LogP contribution >= 0.6 is 30.4 Å². The average Bonchev–Trinajstić information content (AvgIpc) is 2.35. The first-order chi connectivity index (χ1) is 10.7. The summed E-state index contributed by atoms with van der Waals surface area (Å²) in [6.07, 6.45) is 0. The van der Waals surface area contributed by atoms with E-state index in [0.717, 1.165) is 0 Å². The van der Waals surface area contributed by atoms with Crippen molar-refractivity contribution >= 4 is 30.4 Å². The summed E-state index contributed by atoms with van der Waals surface area (Å²) in [6, 6.07) is 3.98. The number of rotatable bonds is 6. The van der Waals surface area contributed by atoms with Gasteiger partial charge in [-0.25, -0.2) is 8.96 Å². The minimum Gasteiger partial charge on any atom is -0.322 e. The molecule has 5 nitrogen and oxygen atoms in total. The number of nitrogens with two attached hydrogens (primary N) is 1. The summed E-state index contributed by atoms with van der Waals surface area (Å²) in [5.74, 6) is -0.358. The molecule has 1 aromatic rings. The predicted molar refractivity (Wildman–Crippen MR) is 101 cm³/mol. The number of phosphoric acid groups is 1. The van der Waals surface area contributed by atoms with Gasteiger partial charge in [0.2, 0.25) is 0 Å². The smallest absolute Gasteiger partial charge is 0.322 e. The second-order valence-electron chi connectivity index (χ2n) is 7.40. The summed E-state index contributed by atoms with van der Waals surface area (Å²) < 4.78 is 43.5. The van der Waals surface area contributed by atoms with Crippen LogP contribution in [-0.4, -0.2) is 17.8 Å². The molecule has 138 valence electrons. The highest BCUT2D eigenvalue weighted by Crippen LogP contribution is 2.55. The van der Waals surface area contributed by atoms with E-state index < -0.39 is 25.1 Å². The van der Waals surface area contributed by atoms with E-state index in [1.807, 2.05) is 22.6 Å². The Morgan fingerprint density at radius 1 is 1.17 bits per heavy atom. The normalized spacial score (nSPS) is 14.7. The molecule has 8 heteroatoms. The largest absolute Gasteiger partial charge is 0.475 e. The van der Waals surface area contributed by atoms with Crippen molar-refractivity contribution in [2.75, 3.05) is 6.61 Å². The summed E-state index contributed by atoms with van der Waals surface area (Å²) in [5, 5.41) is 0. The molecule has 2 N–H and O–H groups in total. The van der Waals surface area contributed by atoms with Gasteiger partial charge in [-0.15, -0.1) is 0 Å². The predicted octanol–water partition coefficient (Wildman–Crippen LogP) is 5.19. The summed E-state index contributed by atoms with van der Waals surface area (Å²) >= 11 is 1.88. The summed E-state index contributed by atoms with van der Waals surface area (Å²) in [6.45, 7) is 10.4. The zero-order valence-corrected chi connectivity index (χ0v) is 18.0. The van der Waals surface area contributed by atoms with E-state index in [0.29, 0.717) is 9.13 Å². The van der Waals surface area contributed by atoms with Gasteiger partial charge in [-0.2, -0.15) is 0 Å². The molecular formula is C16H26FINO4P. The van der Waals surface area contributed by atoms with E-state index in [1.165, 1.54) is 6.07 Å². The Hall–Kier alpha value is -0.0500. The molecule has 0 unspecified atom stereocenters. The van der Waals surface area contributed by atoms with Gasteiger partial charge in [-0.1, -0.05) is 12.1 Å². The topological polar surface area (TPSA) is 70.8 Å². The molecule has 0 radical (unpaired) electrons. The molecule has 0 aliphatic rings. The van der Waals surface area contributed by atoms with E-state index in [-0.39, 0.29) is 12.4 Å². The molecule has 24 heavy (non-hydrogen) atoms. The molecule has 0 bridgehead atoms. The van der Waals surface area contributed by atoms with Crippen molar-refractivity contribution in [3.63, 3.8) is 0 Å². The Morgan fingerprint density at radius 3 is 2.12 bits per heavy atom. The molecule has 0 fully saturated rings. The lowest BCUT2D eigenvalue weighted by atomic mass is 10.1. The highest BCUT2D eigenvalue weighted by atomic mass is 127. The van der Waals surface area contributed by atoms with Crippen LogP contribution in [-0.2, 0) is 18.1 Å². The Labute approximate surface area is 157 Å². The zero-order valence-electron chi connectivity index (χ0n) is 14.9. The summed E-state index contributed by atoms with van der Waals surface area (Å²) in [7, 11) is -3.84. The molecule has 1 aromatic carbocycles. The number of phosphoric ester groups is 1. The van der Waals surface area contributed by atoms with Gasteiger partial charge in [0, 0.05) is 0 Å². The Balaban J connectivity index is 2.91. The van der Waals surface area contributed by atoms with E-state index in [2.05, 4.69) is 0 Å². The summed E-state index contributed by atoms with van der Waals surface area (Å²) in [5.41, 5.74) is 5.20. The second-order valence-corrected chi connectivity index (χ2v) is 10.00. The van der Waals surface area contributed by atoms with Crippen LogP contribution in [0, 0.1) is 9.39 Å². The second kappa shape index (κ2) is 8.10. The fourth-order valence-corrected chi connectivity index (χ4v) is 4.40. The third kappa shape index (κ3) is 7.45. The lowest BCUT2D eigenvalue weighted by molar-refractivity contribution is 0.00176. The fourth-order valence-electron chi connectivity index (χ4n) is 1.81. The van der Waals surface area contributed by atoms with Crippen molar-refractivity contribution in [1.82, 2.24) is 0 Å². The molecule has 1 rings (SSSR count). The SMILES string of the molecule is CC(C)(C)OP(=O)(OC[C@@H](N)c1cccc(F)c1I)OC(C)(C)C.